The van der Waals surface area contributed by atoms with Crippen LogP contribution in [0.25, 0.3) is 10.9 Å². The largest absolute Gasteiger partial charge is 0.478 e. The van der Waals surface area contributed by atoms with Gasteiger partial charge in [-0.3, -0.25) is 4.98 Å². The number of carboxylic acid groups (broad SMARTS) is 1. The van der Waals surface area contributed by atoms with Crippen LogP contribution < -0.4 is 0 Å². The van der Waals surface area contributed by atoms with Gasteiger partial charge in [0.1, 0.15) is 0 Å². The highest BCUT2D eigenvalue weighted by Crippen LogP contribution is 2.24. The number of nitrogens with zero attached hydrogens (tertiary/aromatic N) is 1. The first kappa shape index (κ1) is 9.15. The predicted octanol–water partition coefficient (Wildman–Crippen LogP) is 2.70. The molecule has 0 saturated carbocycles. The molecule has 70 valence electrons. The van der Waals surface area contributed by atoms with Gasteiger partial charge in [0, 0.05) is 16.1 Å². The minimum absolute atomic E-state index is 0.226. The molecule has 4 heteroatoms. The number of benzene rings is 1. The van der Waals surface area contributed by atoms with E-state index in [1.54, 1.807) is 24.4 Å². The summed E-state index contributed by atoms with van der Waals surface area (Å²) in [4.78, 5) is 14.9. The quantitative estimate of drug-likeness (QED) is 0.848. The topological polar surface area (TPSA) is 50.2 Å². The molecule has 0 amide bonds. The van der Waals surface area contributed by atoms with E-state index in [-0.39, 0.29) is 5.56 Å². The Kier molecular flexibility index (Phi) is 2.21. The maximum Gasteiger partial charge on any atom is 0.337 e. The standard InChI is InChI=1S/C10H6BrNO2/c11-8-4-3-7(10(13)14)9-6(8)2-1-5-12-9/h1-5H,(H,13,14). The second-order valence-electron chi connectivity index (χ2n) is 2.80. The first-order valence-corrected chi connectivity index (χ1v) is 4.76. The molecule has 2 aromatic rings. The van der Waals surface area contributed by atoms with Gasteiger partial charge in [-0.25, -0.2) is 4.79 Å². The highest BCUT2D eigenvalue weighted by molar-refractivity contribution is 9.10. The summed E-state index contributed by atoms with van der Waals surface area (Å²) in [6.45, 7) is 0. The van der Waals surface area contributed by atoms with E-state index >= 15 is 0 Å². The third kappa shape index (κ3) is 1.37. The summed E-state index contributed by atoms with van der Waals surface area (Å²) in [5, 5.41) is 9.73. The zero-order valence-electron chi connectivity index (χ0n) is 7.07. The number of halogens is 1. The van der Waals surface area contributed by atoms with Gasteiger partial charge in [0.2, 0.25) is 0 Å². The van der Waals surface area contributed by atoms with Crippen LogP contribution in [0.5, 0.6) is 0 Å². The molecule has 0 aliphatic carbocycles. The van der Waals surface area contributed by atoms with Crippen molar-refractivity contribution in [2.75, 3.05) is 0 Å². The van der Waals surface area contributed by atoms with E-state index in [0.717, 1.165) is 9.86 Å². The van der Waals surface area contributed by atoms with Crippen molar-refractivity contribution in [1.82, 2.24) is 4.98 Å². The monoisotopic (exact) mass is 251 g/mol. The summed E-state index contributed by atoms with van der Waals surface area (Å²) in [5.41, 5.74) is 0.734. The van der Waals surface area contributed by atoms with Gasteiger partial charge in [-0.1, -0.05) is 22.0 Å². The van der Waals surface area contributed by atoms with Crippen LogP contribution in [0, 0.1) is 0 Å². The van der Waals surface area contributed by atoms with Gasteiger partial charge in [-0.15, -0.1) is 0 Å². The summed E-state index contributed by atoms with van der Waals surface area (Å²) < 4.78 is 0.852. The number of hydrogen-bond donors (Lipinski definition) is 1. The van der Waals surface area contributed by atoms with Crippen LogP contribution in [0.4, 0.5) is 0 Å². The molecular weight excluding hydrogens is 246 g/mol. The molecule has 0 saturated heterocycles. The Morgan fingerprint density at radius 2 is 2.14 bits per heavy atom. The van der Waals surface area contributed by atoms with Gasteiger partial charge in [-0.05, 0) is 18.2 Å². The van der Waals surface area contributed by atoms with E-state index in [1.807, 2.05) is 6.07 Å². The molecule has 14 heavy (non-hydrogen) atoms. The molecule has 0 radical (unpaired) electrons. The molecule has 0 aliphatic heterocycles. The van der Waals surface area contributed by atoms with E-state index in [4.69, 9.17) is 5.11 Å². The van der Waals surface area contributed by atoms with Crippen molar-refractivity contribution >= 4 is 32.8 Å². The van der Waals surface area contributed by atoms with Gasteiger partial charge in [0.15, 0.2) is 0 Å². The first-order chi connectivity index (χ1) is 6.70. The van der Waals surface area contributed by atoms with Gasteiger partial charge in [0.05, 0.1) is 11.1 Å². The van der Waals surface area contributed by atoms with Gasteiger partial charge in [-0.2, -0.15) is 0 Å². The fourth-order valence-electron chi connectivity index (χ4n) is 1.31. The number of pyridine rings is 1. The Balaban J connectivity index is 2.88. The molecule has 1 N–H and O–H groups in total. The van der Waals surface area contributed by atoms with Crippen molar-refractivity contribution in [3.63, 3.8) is 0 Å². The molecule has 1 heterocycles. The van der Waals surface area contributed by atoms with Gasteiger partial charge in [0.25, 0.3) is 0 Å². The number of carboxylic acids is 1. The lowest BCUT2D eigenvalue weighted by molar-refractivity contribution is 0.0699. The normalized spacial score (nSPS) is 10.4. The van der Waals surface area contributed by atoms with Crippen molar-refractivity contribution in [2.45, 2.75) is 0 Å². The second-order valence-corrected chi connectivity index (χ2v) is 3.65. The zero-order chi connectivity index (χ0) is 10.1. The van der Waals surface area contributed by atoms with E-state index in [0.29, 0.717) is 5.52 Å². The van der Waals surface area contributed by atoms with Crippen molar-refractivity contribution in [1.29, 1.82) is 0 Å². The second kappa shape index (κ2) is 3.38. The lowest BCUT2D eigenvalue weighted by Crippen LogP contribution is -1.98. The fraction of sp³-hybridized carbons (Fsp3) is 0. The molecule has 0 atom stereocenters. The third-order valence-electron chi connectivity index (χ3n) is 1.95. The summed E-state index contributed by atoms with van der Waals surface area (Å²) >= 11 is 3.35. The SMILES string of the molecule is O=C(O)c1ccc(Br)c2cccnc12. The highest BCUT2D eigenvalue weighted by atomic mass is 79.9. The predicted molar refractivity (Wildman–Crippen MR) is 56.4 cm³/mol. The number of aromatic carboxylic acids is 1. The van der Waals surface area contributed by atoms with Gasteiger partial charge >= 0.3 is 5.97 Å². The highest BCUT2D eigenvalue weighted by Gasteiger charge is 2.10. The van der Waals surface area contributed by atoms with E-state index in [9.17, 15) is 4.79 Å². The minimum atomic E-state index is -0.957. The fourth-order valence-corrected chi connectivity index (χ4v) is 1.76. The Morgan fingerprint density at radius 3 is 2.86 bits per heavy atom. The van der Waals surface area contributed by atoms with Crippen LogP contribution in [0.2, 0.25) is 0 Å². The molecule has 0 bridgehead atoms. The Labute approximate surface area is 88.5 Å². The van der Waals surface area contributed by atoms with Crippen LogP contribution >= 0.6 is 15.9 Å². The van der Waals surface area contributed by atoms with E-state index in [1.165, 1.54) is 0 Å². The molecular formula is C10H6BrNO2. The summed E-state index contributed by atoms with van der Waals surface area (Å²) in [6, 6.07) is 6.87. The lowest BCUT2D eigenvalue weighted by atomic mass is 10.1. The molecule has 0 aliphatic rings. The van der Waals surface area contributed by atoms with E-state index < -0.39 is 5.97 Å². The van der Waals surface area contributed by atoms with Crippen LogP contribution in [0.1, 0.15) is 10.4 Å². The van der Waals surface area contributed by atoms with E-state index in [2.05, 4.69) is 20.9 Å². The zero-order valence-corrected chi connectivity index (χ0v) is 8.65. The van der Waals surface area contributed by atoms with Crippen LogP contribution in [-0.4, -0.2) is 16.1 Å². The molecule has 2 rings (SSSR count). The number of aromatic nitrogens is 1. The lowest BCUT2D eigenvalue weighted by Gasteiger charge is -2.02. The number of rotatable bonds is 1. The first-order valence-electron chi connectivity index (χ1n) is 3.96. The molecule has 0 fully saturated rings. The average molecular weight is 252 g/mol. The number of hydrogen-bond acceptors (Lipinski definition) is 2. The third-order valence-corrected chi connectivity index (χ3v) is 2.64. The van der Waals surface area contributed by atoms with Crippen molar-refractivity contribution < 1.29 is 9.90 Å². The van der Waals surface area contributed by atoms with Gasteiger partial charge < -0.3 is 5.11 Å². The maximum absolute atomic E-state index is 10.9. The molecule has 3 nitrogen and oxygen atoms in total. The van der Waals surface area contributed by atoms with Crippen LogP contribution in [-0.2, 0) is 0 Å². The Bertz CT molecular complexity index is 510. The smallest absolute Gasteiger partial charge is 0.337 e. The summed E-state index contributed by atoms with van der Waals surface area (Å²) in [7, 11) is 0. The van der Waals surface area contributed by atoms with Crippen molar-refractivity contribution in [2.24, 2.45) is 0 Å². The van der Waals surface area contributed by atoms with Crippen LogP contribution in [0.3, 0.4) is 0 Å². The van der Waals surface area contributed by atoms with Crippen molar-refractivity contribution in [3.05, 3.63) is 40.5 Å². The number of fused-ring (bicyclic) bond motifs is 1. The van der Waals surface area contributed by atoms with Crippen molar-refractivity contribution in [3.8, 4) is 0 Å². The minimum Gasteiger partial charge on any atom is -0.478 e. The molecule has 0 spiro atoms. The molecule has 1 aromatic heterocycles. The summed E-state index contributed by atoms with van der Waals surface area (Å²) in [6.07, 6.45) is 1.58. The van der Waals surface area contributed by atoms with Crippen LogP contribution in [0.15, 0.2) is 34.9 Å². The summed E-state index contributed by atoms with van der Waals surface area (Å²) in [5.74, 6) is -0.957. The number of carbonyl (C=O) groups is 1. The maximum atomic E-state index is 10.9. The molecule has 1 aromatic carbocycles. The molecule has 0 unspecified atom stereocenters. The Morgan fingerprint density at radius 1 is 1.36 bits per heavy atom. The Hall–Kier alpha value is -1.42. The average Bonchev–Trinajstić information content (AvgIpc) is 2.18.